The van der Waals surface area contributed by atoms with Gasteiger partial charge in [-0.3, -0.25) is 14.5 Å². The molecule has 2 aromatic carbocycles. The molecule has 2 aliphatic rings. The van der Waals surface area contributed by atoms with Crippen LogP contribution in [0.3, 0.4) is 0 Å². The second-order valence-corrected chi connectivity index (χ2v) is 8.77. The van der Waals surface area contributed by atoms with Crippen molar-refractivity contribution in [3.8, 4) is 0 Å². The van der Waals surface area contributed by atoms with Crippen LogP contribution in [0.4, 0.5) is 0 Å². The van der Waals surface area contributed by atoms with Crippen LogP contribution in [0, 0.1) is 0 Å². The van der Waals surface area contributed by atoms with Gasteiger partial charge in [0, 0.05) is 56.0 Å². The zero-order valence-corrected chi connectivity index (χ0v) is 16.1. The van der Waals surface area contributed by atoms with Crippen molar-refractivity contribution >= 4 is 21.5 Å². The quantitative estimate of drug-likeness (QED) is 0.671. The van der Waals surface area contributed by atoms with Crippen molar-refractivity contribution in [1.29, 1.82) is 0 Å². The lowest BCUT2D eigenvalue weighted by atomic mass is 10.0. The molecule has 0 saturated carbocycles. The Hall–Kier alpha value is -2.55. The zero-order valence-electron chi connectivity index (χ0n) is 15.3. The number of carbonyl (C=O) groups is 2. The summed E-state index contributed by atoms with van der Waals surface area (Å²) in [6.45, 7) is 4.97. The molecule has 146 valence electrons. The van der Waals surface area contributed by atoms with Crippen molar-refractivity contribution in [2.45, 2.75) is 9.79 Å². The molecule has 28 heavy (non-hydrogen) atoms. The van der Waals surface area contributed by atoms with Crippen LogP contribution in [-0.2, 0) is 9.84 Å². The van der Waals surface area contributed by atoms with Crippen LogP contribution in [0.25, 0.3) is 0 Å². The minimum absolute atomic E-state index is 0.0104. The summed E-state index contributed by atoms with van der Waals surface area (Å²) in [5.41, 5.74) is 0.508. The molecule has 2 heterocycles. The number of piperazine rings is 1. The van der Waals surface area contributed by atoms with Gasteiger partial charge in [-0.2, -0.15) is 0 Å². The largest absolute Gasteiger partial charge is 0.351 e. The number of nitrogens with one attached hydrogen (secondary N) is 2. The number of hydrogen-bond acceptors (Lipinski definition) is 6. The van der Waals surface area contributed by atoms with Crippen LogP contribution in [-0.4, -0.2) is 64.3 Å². The van der Waals surface area contributed by atoms with Gasteiger partial charge in [0.2, 0.25) is 9.84 Å². The summed E-state index contributed by atoms with van der Waals surface area (Å²) in [6, 6.07) is 10.4. The number of benzene rings is 2. The van der Waals surface area contributed by atoms with E-state index in [9.17, 15) is 18.0 Å². The molecule has 0 aromatic heterocycles. The molecule has 1 amide bonds. The maximum atomic E-state index is 12.9. The zero-order chi connectivity index (χ0) is 19.7. The van der Waals surface area contributed by atoms with Crippen LogP contribution in [0.1, 0.15) is 26.3 Å². The fourth-order valence-corrected chi connectivity index (χ4v) is 5.27. The van der Waals surface area contributed by atoms with E-state index in [0.717, 1.165) is 32.7 Å². The molecular weight excluding hydrogens is 378 g/mol. The van der Waals surface area contributed by atoms with Gasteiger partial charge in [-0.15, -0.1) is 0 Å². The molecule has 0 unspecified atom stereocenters. The van der Waals surface area contributed by atoms with Gasteiger partial charge in [-0.1, -0.05) is 12.1 Å². The van der Waals surface area contributed by atoms with Crippen molar-refractivity contribution < 1.29 is 18.0 Å². The smallest absolute Gasteiger partial charge is 0.251 e. The fraction of sp³-hybridized carbons (Fsp3) is 0.300. The minimum Gasteiger partial charge on any atom is -0.351 e. The first-order valence-electron chi connectivity index (χ1n) is 9.22. The number of sulfone groups is 1. The van der Waals surface area contributed by atoms with E-state index in [2.05, 4.69) is 15.5 Å². The molecule has 2 aromatic rings. The molecule has 0 radical (unpaired) electrons. The summed E-state index contributed by atoms with van der Waals surface area (Å²) in [6.07, 6.45) is 0. The van der Waals surface area contributed by atoms with Crippen molar-refractivity contribution in [3.63, 3.8) is 0 Å². The van der Waals surface area contributed by atoms with Gasteiger partial charge >= 0.3 is 0 Å². The second-order valence-electron chi connectivity index (χ2n) is 6.89. The van der Waals surface area contributed by atoms with Crippen molar-refractivity contribution in [1.82, 2.24) is 15.5 Å². The summed E-state index contributed by atoms with van der Waals surface area (Å²) >= 11 is 0. The molecule has 0 spiro atoms. The number of amides is 1. The van der Waals surface area contributed by atoms with Crippen LogP contribution < -0.4 is 10.6 Å². The summed E-state index contributed by atoms with van der Waals surface area (Å²) in [7, 11) is -3.84. The number of fused-ring (bicyclic) bond motifs is 2. The average molecular weight is 399 g/mol. The Bertz CT molecular complexity index is 1040. The topological polar surface area (TPSA) is 95.6 Å². The molecular formula is C20H21N3O4S. The number of rotatable bonds is 4. The Labute approximate surface area is 163 Å². The normalized spacial score (nSPS) is 18.2. The van der Waals surface area contributed by atoms with Gasteiger partial charge < -0.3 is 10.6 Å². The van der Waals surface area contributed by atoms with Gasteiger partial charge in [-0.25, -0.2) is 8.42 Å². The van der Waals surface area contributed by atoms with Crippen molar-refractivity contribution in [2.24, 2.45) is 0 Å². The summed E-state index contributed by atoms with van der Waals surface area (Å²) in [4.78, 5) is 27.3. The lowest BCUT2D eigenvalue weighted by Crippen LogP contribution is -2.46. The summed E-state index contributed by atoms with van der Waals surface area (Å²) in [5, 5.41) is 6.10. The van der Waals surface area contributed by atoms with E-state index in [-0.39, 0.29) is 38.2 Å². The Balaban J connectivity index is 1.54. The molecule has 4 rings (SSSR count). The highest BCUT2D eigenvalue weighted by Gasteiger charge is 2.34. The van der Waals surface area contributed by atoms with Gasteiger partial charge in [0.15, 0.2) is 5.78 Å². The Morgan fingerprint density at radius 3 is 2.54 bits per heavy atom. The summed E-state index contributed by atoms with van der Waals surface area (Å²) < 4.78 is 25.9. The first-order valence-corrected chi connectivity index (χ1v) is 10.7. The molecule has 8 heteroatoms. The van der Waals surface area contributed by atoms with E-state index < -0.39 is 9.84 Å². The van der Waals surface area contributed by atoms with Crippen molar-refractivity contribution in [2.75, 3.05) is 39.3 Å². The molecule has 0 atom stereocenters. The molecule has 0 aliphatic carbocycles. The minimum atomic E-state index is -3.84. The number of nitrogens with zero attached hydrogens (tertiary/aromatic N) is 1. The molecule has 2 aliphatic heterocycles. The Morgan fingerprint density at radius 2 is 1.75 bits per heavy atom. The lowest BCUT2D eigenvalue weighted by Gasteiger charge is -2.27. The SMILES string of the molecule is O=C(NCCN1CCNCC1)c1ccc2c(c1)S(=O)(=O)c1ccccc1C2=O. The highest BCUT2D eigenvalue weighted by atomic mass is 32.2. The number of hydrogen-bond donors (Lipinski definition) is 2. The van der Waals surface area contributed by atoms with Crippen LogP contribution in [0.5, 0.6) is 0 Å². The van der Waals surface area contributed by atoms with E-state index >= 15 is 0 Å². The molecule has 2 N–H and O–H groups in total. The van der Waals surface area contributed by atoms with Crippen LogP contribution in [0.2, 0.25) is 0 Å². The van der Waals surface area contributed by atoms with Crippen LogP contribution >= 0.6 is 0 Å². The highest BCUT2D eigenvalue weighted by molar-refractivity contribution is 7.91. The van der Waals surface area contributed by atoms with Gasteiger partial charge in [0.05, 0.1) is 9.79 Å². The number of carbonyl (C=O) groups excluding carboxylic acids is 2. The Kier molecular flexibility index (Phi) is 5.01. The van der Waals surface area contributed by atoms with Gasteiger partial charge in [0.25, 0.3) is 5.91 Å². The van der Waals surface area contributed by atoms with Crippen LogP contribution in [0.15, 0.2) is 52.3 Å². The first-order chi connectivity index (χ1) is 13.5. The van der Waals surface area contributed by atoms with E-state index in [0.29, 0.717) is 6.54 Å². The van der Waals surface area contributed by atoms with Crippen molar-refractivity contribution in [3.05, 3.63) is 59.2 Å². The predicted molar refractivity (Wildman–Crippen MR) is 103 cm³/mol. The summed E-state index contributed by atoms with van der Waals surface area (Å²) in [5.74, 6) is -0.689. The molecule has 7 nitrogen and oxygen atoms in total. The predicted octanol–water partition coefficient (Wildman–Crippen LogP) is 0.699. The third kappa shape index (κ3) is 3.34. The second kappa shape index (κ2) is 7.46. The first kappa shape index (κ1) is 18.8. The number of ketones is 1. The standard InChI is InChI=1S/C20H21N3O4S/c24-19-15-3-1-2-4-17(15)28(26,27)18-13-14(5-6-16(18)19)20(25)22-9-12-23-10-7-21-8-11-23/h1-6,13,21H,7-12H2,(H,22,25). The molecule has 0 bridgehead atoms. The van der Waals surface area contributed by atoms with Gasteiger partial charge in [-0.05, 0) is 30.3 Å². The maximum Gasteiger partial charge on any atom is 0.251 e. The highest BCUT2D eigenvalue weighted by Crippen LogP contribution is 2.34. The Morgan fingerprint density at radius 1 is 1.04 bits per heavy atom. The fourth-order valence-electron chi connectivity index (χ4n) is 3.59. The third-order valence-corrected chi connectivity index (χ3v) is 6.97. The lowest BCUT2D eigenvalue weighted by molar-refractivity contribution is 0.0945. The van der Waals surface area contributed by atoms with E-state index in [1.165, 1.54) is 30.3 Å². The van der Waals surface area contributed by atoms with E-state index in [4.69, 9.17) is 0 Å². The van der Waals surface area contributed by atoms with E-state index in [1.54, 1.807) is 12.1 Å². The average Bonchev–Trinajstić information content (AvgIpc) is 2.73. The molecule has 1 saturated heterocycles. The third-order valence-electron chi connectivity index (χ3n) is 5.12. The van der Waals surface area contributed by atoms with E-state index in [1.807, 2.05) is 0 Å². The maximum absolute atomic E-state index is 12.9. The van der Waals surface area contributed by atoms with Gasteiger partial charge in [0.1, 0.15) is 0 Å². The monoisotopic (exact) mass is 399 g/mol. The molecule has 1 fully saturated rings.